The van der Waals surface area contributed by atoms with Gasteiger partial charge in [0.1, 0.15) is 5.75 Å². The van der Waals surface area contributed by atoms with Crippen LogP contribution in [0.25, 0.3) is 0 Å². The van der Waals surface area contributed by atoms with E-state index in [1.807, 2.05) is 37.4 Å². The van der Waals surface area contributed by atoms with Crippen LogP contribution in [0.4, 0.5) is 0 Å². The zero-order valence-electron chi connectivity index (χ0n) is 17.5. The van der Waals surface area contributed by atoms with Crippen LogP contribution in [-0.4, -0.2) is 67.5 Å². The zero-order valence-corrected chi connectivity index (χ0v) is 18.3. The molecule has 0 N–H and O–H groups in total. The summed E-state index contributed by atoms with van der Waals surface area (Å²) in [6.07, 6.45) is 0. The third-order valence-corrected chi connectivity index (χ3v) is 5.62. The number of amides is 1. The molecule has 0 atom stereocenters. The van der Waals surface area contributed by atoms with E-state index in [1.54, 1.807) is 12.0 Å². The normalized spacial score (nSPS) is 15.3. The molecule has 1 fully saturated rings. The fourth-order valence-electron chi connectivity index (χ4n) is 3.69. The van der Waals surface area contributed by atoms with Crippen LogP contribution in [-0.2, 0) is 17.9 Å². The number of hydrogen-bond acceptors (Lipinski definition) is 4. The molecule has 3 rings (SSSR count). The molecular weight excluding hydrogens is 386 g/mol. The van der Waals surface area contributed by atoms with Crippen LogP contribution in [0.5, 0.6) is 5.75 Å². The summed E-state index contributed by atoms with van der Waals surface area (Å²) in [5.74, 6) is 1.08. The lowest BCUT2D eigenvalue weighted by atomic mass is 10.1. The van der Waals surface area contributed by atoms with Crippen molar-refractivity contribution in [3.8, 4) is 5.75 Å². The predicted octanol–water partition coefficient (Wildman–Crippen LogP) is 3.43. The topological polar surface area (TPSA) is 36.0 Å². The van der Waals surface area contributed by atoms with Crippen LogP contribution < -0.4 is 4.74 Å². The van der Waals surface area contributed by atoms with Gasteiger partial charge in [-0.1, -0.05) is 41.4 Å². The maximum Gasteiger partial charge on any atom is 0.236 e. The molecule has 6 heteroatoms. The first-order valence-corrected chi connectivity index (χ1v) is 10.4. The van der Waals surface area contributed by atoms with Gasteiger partial charge in [-0.15, -0.1) is 0 Å². The van der Waals surface area contributed by atoms with Gasteiger partial charge in [-0.25, -0.2) is 0 Å². The number of aryl methyl sites for hydroxylation is 1. The summed E-state index contributed by atoms with van der Waals surface area (Å²) < 4.78 is 5.50. The van der Waals surface area contributed by atoms with Crippen molar-refractivity contribution in [2.45, 2.75) is 20.0 Å². The first-order chi connectivity index (χ1) is 13.9. The molecule has 0 saturated carbocycles. The molecule has 0 bridgehead atoms. The van der Waals surface area contributed by atoms with Gasteiger partial charge in [0.2, 0.25) is 5.91 Å². The molecule has 0 spiro atoms. The second-order valence-electron chi connectivity index (χ2n) is 7.75. The molecule has 2 aromatic rings. The Kier molecular flexibility index (Phi) is 7.53. The molecule has 2 aromatic carbocycles. The van der Waals surface area contributed by atoms with Crippen molar-refractivity contribution in [3.63, 3.8) is 0 Å². The first-order valence-electron chi connectivity index (χ1n) is 10.0. The Balaban J connectivity index is 1.47. The average molecular weight is 416 g/mol. The number of hydrogen-bond donors (Lipinski definition) is 0. The Hall–Kier alpha value is -2.08. The van der Waals surface area contributed by atoms with Gasteiger partial charge in [0.25, 0.3) is 0 Å². The Morgan fingerprint density at radius 3 is 2.52 bits per heavy atom. The van der Waals surface area contributed by atoms with Crippen molar-refractivity contribution in [1.82, 2.24) is 14.7 Å². The quantitative estimate of drug-likeness (QED) is 0.694. The van der Waals surface area contributed by atoms with Crippen molar-refractivity contribution in [2.75, 3.05) is 46.9 Å². The minimum absolute atomic E-state index is 0.138. The highest BCUT2D eigenvalue weighted by Crippen LogP contribution is 2.22. The number of nitrogens with zero attached hydrogens (tertiary/aromatic N) is 3. The van der Waals surface area contributed by atoms with Crippen molar-refractivity contribution < 1.29 is 9.53 Å². The first kappa shape index (κ1) is 21.6. The summed E-state index contributed by atoms with van der Waals surface area (Å²) in [5, 5.41) is 0.699. The average Bonchev–Trinajstić information content (AvgIpc) is 2.69. The molecule has 1 aliphatic rings. The number of carbonyl (C=O) groups is 1. The third-order valence-electron chi connectivity index (χ3n) is 5.39. The van der Waals surface area contributed by atoms with Crippen LogP contribution in [0.2, 0.25) is 5.02 Å². The zero-order chi connectivity index (χ0) is 20.8. The lowest BCUT2D eigenvalue weighted by Gasteiger charge is -2.35. The van der Waals surface area contributed by atoms with Gasteiger partial charge in [0.05, 0.1) is 13.7 Å². The Morgan fingerprint density at radius 1 is 1.10 bits per heavy atom. The van der Waals surface area contributed by atoms with Gasteiger partial charge in [-0.2, -0.15) is 0 Å². The number of halogens is 1. The van der Waals surface area contributed by atoms with Crippen molar-refractivity contribution >= 4 is 17.5 Å². The minimum atomic E-state index is 0.138. The van der Waals surface area contributed by atoms with Gasteiger partial charge in [0, 0.05) is 56.9 Å². The highest BCUT2D eigenvalue weighted by Gasteiger charge is 2.21. The van der Waals surface area contributed by atoms with E-state index in [9.17, 15) is 4.79 Å². The van der Waals surface area contributed by atoms with Gasteiger partial charge in [0.15, 0.2) is 0 Å². The van der Waals surface area contributed by atoms with E-state index in [-0.39, 0.29) is 5.91 Å². The summed E-state index contributed by atoms with van der Waals surface area (Å²) in [4.78, 5) is 19.1. The highest BCUT2D eigenvalue weighted by atomic mass is 35.5. The number of benzene rings is 2. The molecule has 0 aliphatic carbocycles. The fraction of sp³-hybridized carbons (Fsp3) is 0.435. The fourth-order valence-corrected chi connectivity index (χ4v) is 3.90. The van der Waals surface area contributed by atoms with E-state index in [0.29, 0.717) is 18.1 Å². The van der Waals surface area contributed by atoms with Crippen LogP contribution in [0.15, 0.2) is 42.5 Å². The number of ether oxygens (including phenoxy) is 1. The molecular formula is C23H30ClN3O2. The number of likely N-dealkylation sites (N-methyl/N-ethyl adjacent to an activating group) is 1. The third kappa shape index (κ3) is 6.20. The van der Waals surface area contributed by atoms with E-state index in [4.69, 9.17) is 16.3 Å². The summed E-state index contributed by atoms with van der Waals surface area (Å²) in [5.41, 5.74) is 3.51. The van der Waals surface area contributed by atoms with Crippen molar-refractivity contribution in [3.05, 3.63) is 64.2 Å². The molecule has 0 unspecified atom stereocenters. The summed E-state index contributed by atoms with van der Waals surface area (Å²) in [6, 6.07) is 14.0. The molecule has 0 aromatic heterocycles. The largest absolute Gasteiger partial charge is 0.496 e. The molecule has 1 saturated heterocycles. The van der Waals surface area contributed by atoms with Gasteiger partial charge in [-0.3, -0.25) is 14.6 Å². The Bertz CT molecular complexity index is 835. The second kappa shape index (κ2) is 10.1. The number of piperazine rings is 1. The highest BCUT2D eigenvalue weighted by molar-refractivity contribution is 6.30. The summed E-state index contributed by atoms with van der Waals surface area (Å²) in [6.45, 7) is 7.69. The van der Waals surface area contributed by atoms with Gasteiger partial charge < -0.3 is 9.64 Å². The maximum atomic E-state index is 12.6. The van der Waals surface area contributed by atoms with E-state index < -0.39 is 0 Å². The number of methoxy groups -OCH3 is 1. The van der Waals surface area contributed by atoms with Crippen molar-refractivity contribution in [2.24, 2.45) is 0 Å². The maximum absolute atomic E-state index is 12.6. The van der Waals surface area contributed by atoms with E-state index in [2.05, 4.69) is 28.9 Å². The summed E-state index contributed by atoms with van der Waals surface area (Å²) >= 11 is 6.04. The lowest BCUT2D eigenvalue weighted by Crippen LogP contribution is -2.49. The lowest BCUT2D eigenvalue weighted by molar-refractivity contribution is -0.132. The van der Waals surface area contributed by atoms with Gasteiger partial charge in [-0.05, 0) is 30.7 Å². The Labute approximate surface area is 178 Å². The number of rotatable bonds is 7. The molecule has 156 valence electrons. The summed E-state index contributed by atoms with van der Waals surface area (Å²) in [7, 11) is 3.57. The molecule has 1 heterocycles. The molecule has 5 nitrogen and oxygen atoms in total. The second-order valence-corrected chi connectivity index (χ2v) is 8.18. The number of carbonyl (C=O) groups excluding carboxylic acids is 1. The van der Waals surface area contributed by atoms with Crippen molar-refractivity contribution in [1.29, 1.82) is 0 Å². The SMILES string of the molecule is COc1ccc(C)cc1CN1CCN(CC(=O)N(C)Cc2cccc(Cl)c2)CC1. The van der Waals surface area contributed by atoms with Crippen LogP contribution in [0.3, 0.4) is 0 Å². The molecule has 29 heavy (non-hydrogen) atoms. The standard InChI is InChI=1S/C23H30ClN3O2/c1-18-7-8-22(29-3)20(13-18)16-26-9-11-27(12-10-26)17-23(28)25(2)15-19-5-4-6-21(24)14-19/h4-8,13-14H,9-12,15-17H2,1-3H3. The minimum Gasteiger partial charge on any atom is -0.496 e. The van der Waals surface area contributed by atoms with E-state index in [1.165, 1.54) is 11.1 Å². The van der Waals surface area contributed by atoms with E-state index in [0.717, 1.165) is 44.0 Å². The van der Waals surface area contributed by atoms with Crippen LogP contribution in [0, 0.1) is 6.92 Å². The van der Waals surface area contributed by atoms with Gasteiger partial charge >= 0.3 is 0 Å². The van der Waals surface area contributed by atoms with Crippen LogP contribution >= 0.6 is 11.6 Å². The molecule has 0 radical (unpaired) electrons. The molecule has 1 amide bonds. The monoisotopic (exact) mass is 415 g/mol. The molecule has 1 aliphatic heterocycles. The van der Waals surface area contributed by atoms with Crippen LogP contribution in [0.1, 0.15) is 16.7 Å². The Morgan fingerprint density at radius 2 is 1.83 bits per heavy atom. The predicted molar refractivity (Wildman–Crippen MR) is 117 cm³/mol. The van der Waals surface area contributed by atoms with E-state index >= 15 is 0 Å². The smallest absolute Gasteiger partial charge is 0.236 e.